The van der Waals surface area contributed by atoms with Gasteiger partial charge in [-0.3, -0.25) is 0 Å². The number of rotatable bonds is 4. The summed E-state index contributed by atoms with van der Waals surface area (Å²) in [5.74, 6) is -0.318. The Morgan fingerprint density at radius 1 is 1.23 bits per heavy atom. The lowest BCUT2D eigenvalue weighted by atomic mass is 9.94. The summed E-state index contributed by atoms with van der Waals surface area (Å²) in [6.45, 7) is 0. The van der Waals surface area contributed by atoms with Crippen molar-refractivity contribution in [1.82, 2.24) is 14.7 Å². The van der Waals surface area contributed by atoms with Gasteiger partial charge in [-0.1, -0.05) is 0 Å². The largest absolute Gasteiger partial charge is 0.573 e. The summed E-state index contributed by atoms with van der Waals surface area (Å²) >= 11 is 0. The van der Waals surface area contributed by atoms with Crippen LogP contribution < -0.4 is 15.2 Å². The SMILES string of the molecule is Nc1ncc2c(n1)CCC(NS(=O)(=O)c1ccc(OC(F)(F)F)cc1)C2. The summed E-state index contributed by atoms with van der Waals surface area (Å²) in [7, 11) is -3.88. The van der Waals surface area contributed by atoms with E-state index in [1.54, 1.807) is 6.20 Å². The highest BCUT2D eigenvalue weighted by atomic mass is 32.2. The number of ether oxygens (including phenoxy) is 1. The van der Waals surface area contributed by atoms with E-state index in [0.29, 0.717) is 19.3 Å². The maximum atomic E-state index is 12.4. The Kier molecular flexibility index (Phi) is 4.76. The number of nitrogen functional groups attached to an aromatic ring is 1. The predicted molar refractivity (Wildman–Crippen MR) is 85.7 cm³/mol. The molecule has 1 aliphatic rings. The first-order valence-electron chi connectivity index (χ1n) is 7.61. The smallest absolute Gasteiger partial charge is 0.406 e. The van der Waals surface area contributed by atoms with Crippen LogP contribution in [0.25, 0.3) is 0 Å². The third-order valence-corrected chi connectivity index (χ3v) is 5.39. The maximum absolute atomic E-state index is 12.4. The second-order valence-corrected chi connectivity index (χ2v) is 7.49. The highest BCUT2D eigenvalue weighted by Gasteiger charge is 2.31. The van der Waals surface area contributed by atoms with Crippen LogP contribution in [0.15, 0.2) is 35.4 Å². The van der Waals surface area contributed by atoms with Crippen molar-refractivity contribution in [2.24, 2.45) is 0 Å². The summed E-state index contributed by atoms with van der Waals surface area (Å²) < 4.78 is 67.6. The molecule has 3 N–H and O–H groups in total. The zero-order valence-corrected chi connectivity index (χ0v) is 14.1. The molecule has 7 nitrogen and oxygen atoms in total. The third kappa shape index (κ3) is 4.41. The second kappa shape index (κ2) is 6.72. The number of aromatic nitrogens is 2. The van der Waals surface area contributed by atoms with Crippen LogP contribution in [-0.4, -0.2) is 30.8 Å². The van der Waals surface area contributed by atoms with Crippen LogP contribution in [0.1, 0.15) is 17.7 Å². The first kappa shape index (κ1) is 18.4. The van der Waals surface area contributed by atoms with Crippen molar-refractivity contribution >= 4 is 16.0 Å². The molecule has 11 heteroatoms. The average Bonchev–Trinajstić information content (AvgIpc) is 2.54. The van der Waals surface area contributed by atoms with Crippen LogP contribution >= 0.6 is 0 Å². The number of alkyl halides is 3. The fourth-order valence-electron chi connectivity index (χ4n) is 2.73. The molecule has 1 aromatic heterocycles. The number of halogens is 3. The molecule has 140 valence electrons. The van der Waals surface area contributed by atoms with Gasteiger partial charge in [0, 0.05) is 17.9 Å². The van der Waals surface area contributed by atoms with E-state index in [0.717, 1.165) is 35.5 Å². The van der Waals surface area contributed by atoms with Crippen molar-refractivity contribution in [3.63, 3.8) is 0 Å². The molecular formula is C15H15F3N4O3S. The summed E-state index contributed by atoms with van der Waals surface area (Å²) in [5.41, 5.74) is 7.14. The lowest BCUT2D eigenvalue weighted by Gasteiger charge is -2.24. The molecule has 0 fully saturated rings. The Morgan fingerprint density at radius 2 is 1.92 bits per heavy atom. The van der Waals surface area contributed by atoms with E-state index >= 15 is 0 Å². The molecule has 0 aliphatic heterocycles. The Labute approximate surface area is 147 Å². The van der Waals surface area contributed by atoms with Crippen LogP contribution in [0.2, 0.25) is 0 Å². The lowest BCUT2D eigenvalue weighted by Crippen LogP contribution is -2.39. The third-order valence-electron chi connectivity index (χ3n) is 3.86. The summed E-state index contributed by atoms with van der Waals surface area (Å²) in [5, 5.41) is 0. The number of fused-ring (bicyclic) bond motifs is 1. The van der Waals surface area contributed by atoms with Gasteiger partial charge >= 0.3 is 6.36 Å². The molecule has 1 aromatic carbocycles. The monoisotopic (exact) mass is 388 g/mol. The molecule has 1 unspecified atom stereocenters. The number of nitrogens with two attached hydrogens (primary N) is 1. The Hall–Kier alpha value is -2.40. The van der Waals surface area contributed by atoms with Gasteiger partial charge in [-0.2, -0.15) is 0 Å². The highest BCUT2D eigenvalue weighted by molar-refractivity contribution is 7.89. The molecule has 0 spiro atoms. The number of benzene rings is 1. The van der Waals surface area contributed by atoms with Crippen molar-refractivity contribution < 1.29 is 26.3 Å². The fourth-order valence-corrected chi connectivity index (χ4v) is 4.00. The molecule has 0 amide bonds. The van der Waals surface area contributed by atoms with E-state index in [1.165, 1.54) is 0 Å². The van der Waals surface area contributed by atoms with Crippen molar-refractivity contribution in [1.29, 1.82) is 0 Å². The lowest BCUT2D eigenvalue weighted by molar-refractivity contribution is -0.274. The first-order chi connectivity index (χ1) is 12.1. The average molecular weight is 388 g/mol. The number of hydrogen-bond donors (Lipinski definition) is 2. The molecule has 3 rings (SSSR count). The van der Waals surface area contributed by atoms with E-state index in [-0.39, 0.29) is 16.9 Å². The van der Waals surface area contributed by atoms with Crippen LogP contribution in [0.3, 0.4) is 0 Å². The fraction of sp³-hybridized carbons (Fsp3) is 0.333. The number of anilines is 1. The molecular weight excluding hydrogens is 373 g/mol. The molecule has 1 atom stereocenters. The van der Waals surface area contributed by atoms with Crippen molar-refractivity contribution in [2.45, 2.75) is 36.6 Å². The standard InChI is InChI=1S/C15H15F3N4O3S/c16-15(17,18)25-11-2-4-12(5-3-11)26(23,24)22-10-1-6-13-9(7-10)8-20-14(19)21-13/h2-5,8,10,22H,1,6-7H2,(H2,19,20,21). The van der Waals surface area contributed by atoms with Gasteiger partial charge < -0.3 is 10.5 Å². The van der Waals surface area contributed by atoms with Gasteiger partial charge in [0.25, 0.3) is 0 Å². The Morgan fingerprint density at radius 3 is 2.58 bits per heavy atom. The van der Waals surface area contributed by atoms with E-state index in [4.69, 9.17) is 5.73 Å². The summed E-state index contributed by atoms with van der Waals surface area (Å²) in [6, 6.07) is 3.66. The Bertz CT molecular complexity index is 901. The first-order valence-corrected chi connectivity index (χ1v) is 9.09. The minimum Gasteiger partial charge on any atom is -0.406 e. The highest BCUT2D eigenvalue weighted by Crippen LogP contribution is 2.25. The zero-order valence-electron chi connectivity index (χ0n) is 13.3. The number of nitrogens with one attached hydrogen (secondary N) is 1. The van der Waals surface area contributed by atoms with E-state index < -0.39 is 22.1 Å². The van der Waals surface area contributed by atoms with E-state index in [2.05, 4.69) is 19.4 Å². The van der Waals surface area contributed by atoms with Gasteiger partial charge in [-0.15, -0.1) is 13.2 Å². The van der Waals surface area contributed by atoms with E-state index in [1.807, 2.05) is 0 Å². The van der Waals surface area contributed by atoms with Gasteiger partial charge in [0.1, 0.15) is 5.75 Å². The number of aryl methyl sites for hydroxylation is 1. The number of hydrogen-bond acceptors (Lipinski definition) is 6. The minimum absolute atomic E-state index is 0.147. The van der Waals surface area contributed by atoms with Crippen LogP contribution in [0, 0.1) is 0 Å². The van der Waals surface area contributed by atoms with Gasteiger partial charge in [0.2, 0.25) is 16.0 Å². The number of nitrogens with zero attached hydrogens (tertiary/aromatic N) is 2. The molecule has 0 bridgehead atoms. The van der Waals surface area contributed by atoms with Crippen LogP contribution in [0.4, 0.5) is 19.1 Å². The molecule has 26 heavy (non-hydrogen) atoms. The molecule has 0 radical (unpaired) electrons. The van der Waals surface area contributed by atoms with Crippen molar-refractivity contribution in [2.75, 3.05) is 5.73 Å². The molecule has 2 aromatic rings. The Balaban J connectivity index is 1.70. The van der Waals surface area contributed by atoms with Crippen molar-refractivity contribution in [3.8, 4) is 5.75 Å². The molecule has 1 aliphatic carbocycles. The maximum Gasteiger partial charge on any atom is 0.573 e. The van der Waals surface area contributed by atoms with Crippen LogP contribution in [-0.2, 0) is 22.9 Å². The van der Waals surface area contributed by atoms with Gasteiger partial charge in [0.15, 0.2) is 0 Å². The summed E-state index contributed by atoms with van der Waals surface area (Å²) in [6.07, 6.45) is -1.78. The molecule has 0 saturated carbocycles. The summed E-state index contributed by atoms with van der Waals surface area (Å²) in [4.78, 5) is 7.88. The van der Waals surface area contributed by atoms with Crippen LogP contribution in [0.5, 0.6) is 5.75 Å². The number of sulfonamides is 1. The topological polar surface area (TPSA) is 107 Å². The predicted octanol–water partition coefficient (Wildman–Crippen LogP) is 1.79. The second-order valence-electron chi connectivity index (χ2n) is 5.78. The molecule has 0 saturated heterocycles. The van der Waals surface area contributed by atoms with E-state index in [9.17, 15) is 21.6 Å². The zero-order chi connectivity index (χ0) is 18.9. The van der Waals surface area contributed by atoms with Crippen molar-refractivity contribution in [3.05, 3.63) is 41.7 Å². The minimum atomic E-state index is -4.83. The molecule has 1 heterocycles. The quantitative estimate of drug-likeness (QED) is 0.827. The van der Waals surface area contributed by atoms with Gasteiger partial charge in [-0.05, 0) is 49.1 Å². The normalized spacial score (nSPS) is 17.6. The van der Waals surface area contributed by atoms with Gasteiger partial charge in [-0.25, -0.2) is 23.1 Å². The van der Waals surface area contributed by atoms with Gasteiger partial charge in [0.05, 0.1) is 4.90 Å².